The molecule has 9 heavy (non-hydrogen) atoms. The summed E-state index contributed by atoms with van der Waals surface area (Å²) in [6, 6.07) is 11.5. The fourth-order valence-electron chi connectivity index (χ4n) is 0.599. The van der Waals surface area contributed by atoms with Crippen LogP contribution in [0.4, 0.5) is 0 Å². The summed E-state index contributed by atoms with van der Waals surface area (Å²) in [5.41, 5.74) is 2.07. The molecule has 0 nitrogen and oxygen atoms in total. The van der Waals surface area contributed by atoms with E-state index in [0.717, 1.165) is 11.1 Å². The van der Waals surface area contributed by atoms with E-state index in [9.17, 15) is 0 Å². The molecule has 0 aliphatic rings. The maximum absolute atomic E-state index is 3.77. The molecular formula is C9H8. The van der Waals surface area contributed by atoms with Crippen LogP contribution in [0.25, 0.3) is 5.57 Å². The van der Waals surface area contributed by atoms with E-state index in [1.54, 1.807) is 0 Å². The third-order valence-electron chi connectivity index (χ3n) is 1.11. The van der Waals surface area contributed by atoms with Gasteiger partial charge >= 0.3 is 0 Å². The van der Waals surface area contributed by atoms with Gasteiger partial charge in [0.05, 0.1) is 0 Å². The Morgan fingerprint density at radius 1 is 1.56 bits per heavy atom. The summed E-state index contributed by atoms with van der Waals surface area (Å²) in [7, 11) is 0. The van der Waals surface area contributed by atoms with Crippen LogP contribution in [0, 0.1) is 12.1 Å². The van der Waals surface area contributed by atoms with Gasteiger partial charge in [0.25, 0.3) is 0 Å². The second-order valence-electron chi connectivity index (χ2n) is 1.98. The minimum Gasteiger partial charge on any atom is -0.0955 e. The van der Waals surface area contributed by atoms with Crippen molar-refractivity contribution < 1.29 is 0 Å². The Morgan fingerprint density at radius 3 is 2.67 bits per heavy atom. The topological polar surface area (TPSA) is 0 Å². The minimum absolute atomic E-state index is 1.03. The molecule has 2 radical (unpaired) electrons. The van der Waals surface area contributed by atoms with Crippen LogP contribution in [-0.4, -0.2) is 0 Å². The molecule has 0 heteroatoms. The summed E-state index contributed by atoms with van der Waals surface area (Å²) < 4.78 is 0. The van der Waals surface area contributed by atoms with E-state index in [0.29, 0.717) is 0 Å². The largest absolute Gasteiger partial charge is 0.0955 e. The molecule has 0 spiro atoms. The smallest absolute Gasteiger partial charge is 0.0102 e. The van der Waals surface area contributed by atoms with Crippen molar-refractivity contribution in [2.75, 3.05) is 0 Å². The Morgan fingerprint density at radius 2 is 2.33 bits per heavy atom. The standard InChI is InChI=1S/C9H8/c1-8(2)9-6-4-3-5-7-9/h3-4,7H,1H2,2H3. The number of allylic oxidation sites excluding steroid dienone is 1. The highest BCUT2D eigenvalue weighted by molar-refractivity contribution is 5.60. The van der Waals surface area contributed by atoms with Gasteiger partial charge in [-0.1, -0.05) is 24.3 Å². The third-order valence-corrected chi connectivity index (χ3v) is 1.11. The molecule has 0 amide bonds. The first-order valence-electron chi connectivity index (χ1n) is 2.84. The van der Waals surface area contributed by atoms with Gasteiger partial charge in [-0.15, -0.1) is 0 Å². The highest BCUT2D eigenvalue weighted by Crippen LogP contribution is 2.07. The normalized spacial score (nSPS) is 9.00. The fourth-order valence-corrected chi connectivity index (χ4v) is 0.599. The Labute approximate surface area is 55.8 Å². The van der Waals surface area contributed by atoms with Crippen molar-refractivity contribution in [1.29, 1.82) is 0 Å². The van der Waals surface area contributed by atoms with Gasteiger partial charge in [-0.05, 0) is 30.7 Å². The molecule has 0 atom stereocenters. The number of benzene rings is 1. The molecule has 0 bridgehead atoms. The van der Waals surface area contributed by atoms with Crippen LogP contribution in [0.5, 0.6) is 0 Å². The van der Waals surface area contributed by atoms with Crippen LogP contribution in [0.3, 0.4) is 0 Å². The molecule has 0 aliphatic heterocycles. The van der Waals surface area contributed by atoms with Gasteiger partial charge in [0.2, 0.25) is 0 Å². The summed E-state index contributed by atoms with van der Waals surface area (Å²) >= 11 is 0. The zero-order valence-electron chi connectivity index (χ0n) is 5.44. The van der Waals surface area contributed by atoms with E-state index in [1.807, 2.05) is 25.1 Å². The second-order valence-corrected chi connectivity index (χ2v) is 1.98. The molecule has 0 aromatic heterocycles. The van der Waals surface area contributed by atoms with Gasteiger partial charge in [-0.25, -0.2) is 0 Å². The SMILES string of the molecule is C=C(C)c1[c]cc[c]c1. The second kappa shape index (κ2) is 2.49. The van der Waals surface area contributed by atoms with Crippen LogP contribution in [0.2, 0.25) is 0 Å². The third kappa shape index (κ3) is 1.43. The van der Waals surface area contributed by atoms with Gasteiger partial charge in [0.15, 0.2) is 0 Å². The Kier molecular flexibility index (Phi) is 1.69. The maximum atomic E-state index is 3.77. The van der Waals surface area contributed by atoms with Crippen LogP contribution in [-0.2, 0) is 0 Å². The highest BCUT2D eigenvalue weighted by Gasteiger charge is 1.87. The summed E-state index contributed by atoms with van der Waals surface area (Å²) in [5.74, 6) is 0. The number of hydrogen-bond acceptors (Lipinski definition) is 0. The van der Waals surface area contributed by atoms with Gasteiger partial charge in [-0.3, -0.25) is 0 Å². The van der Waals surface area contributed by atoms with Crippen molar-refractivity contribution in [3.63, 3.8) is 0 Å². The number of rotatable bonds is 1. The van der Waals surface area contributed by atoms with Crippen molar-refractivity contribution in [1.82, 2.24) is 0 Å². The van der Waals surface area contributed by atoms with Gasteiger partial charge < -0.3 is 0 Å². The van der Waals surface area contributed by atoms with E-state index in [4.69, 9.17) is 0 Å². The van der Waals surface area contributed by atoms with Crippen molar-refractivity contribution in [2.45, 2.75) is 6.92 Å². The highest BCUT2D eigenvalue weighted by atomic mass is 13.9. The lowest BCUT2D eigenvalue weighted by atomic mass is 10.1. The van der Waals surface area contributed by atoms with Crippen LogP contribution >= 0.6 is 0 Å². The van der Waals surface area contributed by atoms with Crippen LogP contribution in [0.15, 0.2) is 24.8 Å². The van der Waals surface area contributed by atoms with Gasteiger partial charge in [-0.2, -0.15) is 0 Å². The molecule has 1 aromatic carbocycles. The quantitative estimate of drug-likeness (QED) is 0.528. The zero-order valence-corrected chi connectivity index (χ0v) is 5.44. The lowest BCUT2D eigenvalue weighted by Crippen LogP contribution is -1.74. The summed E-state index contributed by atoms with van der Waals surface area (Å²) in [4.78, 5) is 0. The Hall–Kier alpha value is -1.04. The lowest BCUT2D eigenvalue weighted by Gasteiger charge is -1.93. The van der Waals surface area contributed by atoms with E-state index in [-0.39, 0.29) is 0 Å². The summed E-state index contributed by atoms with van der Waals surface area (Å²) in [6.07, 6.45) is 0. The molecule has 0 heterocycles. The molecule has 1 aromatic rings. The zero-order chi connectivity index (χ0) is 6.69. The Balaban J connectivity index is 2.98. The van der Waals surface area contributed by atoms with Crippen LogP contribution < -0.4 is 0 Å². The van der Waals surface area contributed by atoms with Gasteiger partial charge in [0, 0.05) is 0 Å². The first-order chi connectivity index (χ1) is 4.30. The molecule has 0 N–H and O–H groups in total. The first-order valence-corrected chi connectivity index (χ1v) is 2.84. The molecule has 0 saturated heterocycles. The maximum Gasteiger partial charge on any atom is -0.0102 e. The minimum atomic E-state index is 1.03. The average Bonchev–Trinajstić information content (AvgIpc) is 1.90. The van der Waals surface area contributed by atoms with Gasteiger partial charge in [0.1, 0.15) is 0 Å². The van der Waals surface area contributed by atoms with Crippen molar-refractivity contribution in [3.8, 4) is 0 Å². The molecular weight excluding hydrogens is 108 g/mol. The van der Waals surface area contributed by atoms with E-state index in [1.165, 1.54) is 0 Å². The summed E-state index contributed by atoms with van der Waals surface area (Å²) in [5, 5.41) is 0. The Bertz CT molecular complexity index is 197. The summed E-state index contributed by atoms with van der Waals surface area (Å²) in [6.45, 7) is 5.73. The number of hydrogen-bond donors (Lipinski definition) is 0. The van der Waals surface area contributed by atoms with Crippen molar-refractivity contribution >= 4 is 5.57 Å². The fraction of sp³-hybridized carbons (Fsp3) is 0.111. The molecule has 0 saturated carbocycles. The molecule has 0 fully saturated rings. The molecule has 0 aliphatic carbocycles. The predicted octanol–water partition coefficient (Wildman–Crippen LogP) is 2.32. The van der Waals surface area contributed by atoms with E-state index in [2.05, 4.69) is 18.7 Å². The molecule has 0 unspecified atom stereocenters. The average molecular weight is 116 g/mol. The molecule has 44 valence electrons. The van der Waals surface area contributed by atoms with Crippen molar-refractivity contribution in [3.05, 3.63) is 42.5 Å². The lowest BCUT2D eigenvalue weighted by molar-refractivity contribution is 1.56. The predicted molar refractivity (Wildman–Crippen MR) is 38.8 cm³/mol. The monoisotopic (exact) mass is 116 g/mol. The van der Waals surface area contributed by atoms with E-state index >= 15 is 0 Å². The first kappa shape index (κ1) is 6.09. The molecule has 1 rings (SSSR count). The van der Waals surface area contributed by atoms with Crippen LogP contribution in [0.1, 0.15) is 12.5 Å². The van der Waals surface area contributed by atoms with E-state index < -0.39 is 0 Å². The van der Waals surface area contributed by atoms with Crippen molar-refractivity contribution in [2.24, 2.45) is 0 Å².